The Bertz CT molecular complexity index is 530. The summed E-state index contributed by atoms with van der Waals surface area (Å²) in [6.45, 7) is 1.06. The number of rotatable bonds is 1. The van der Waals surface area contributed by atoms with Gasteiger partial charge in [-0.05, 0) is 24.6 Å². The summed E-state index contributed by atoms with van der Waals surface area (Å²) in [4.78, 5) is 2.23. The van der Waals surface area contributed by atoms with Gasteiger partial charge >= 0.3 is 0 Å². The Morgan fingerprint density at radius 1 is 1.38 bits per heavy atom. The normalized spacial score (nSPS) is 14.2. The van der Waals surface area contributed by atoms with E-state index in [0.717, 1.165) is 24.3 Å². The van der Waals surface area contributed by atoms with E-state index < -0.39 is 0 Å². The molecular weight excluding hydrogens is 200 g/mol. The molecule has 0 saturated heterocycles. The van der Waals surface area contributed by atoms with E-state index in [4.69, 9.17) is 5.73 Å². The number of nitrogen functional groups attached to an aromatic ring is 1. The van der Waals surface area contributed by atoms with E-state index in [-0.39, 0.29) is 0 Å². The molecule has 0 unspecified atom stereocenters. The highest BCUT2D eigenvalue weighted by Gasteiger charge is 2.21. The Morgan fingerprint density at radius 2 is 2.25 bits per heavy atom. The summed E-state index contributed by atoms with van der Waals surface area (Å²) in [7, 11) is 2.09. The molecule has 0 spiro atoms. The van der Waals surface area contributed by atoms with Crippen LogP contribution in [0, 0.1) is 0 Å². The highest BCUT2D eigenvalue weighted by atomic mass is 15.4. The number of aromatic nitrogens is 2. The van der Waals surface area contributed by atoms with Crippen molar-refractivity contribution in [1.82, 2.24) is 9.78 Å². The maximum atomic E-state index is 5.79. The number of likely N-dealkylation sites (N-methyl/N-ethyl adjacent to an activating group) is 1. The minimum atomic E-state index is 0.766. The molecule has 0 aliphatic carbocycles. The smallest absolute Gasteiger partial charge is 0.135 e. The minimum absolute atomic E-state index is 0.766. The van der Waals surface area contributed by atoms with E-state index in [1.807, 2.05) is 35.1 Å². The fourth-order valence-electron chi connectivity index (χ4n) is 2.20. The number of benzene rings is 1. The van der Waals surface area contributed by atoms with Crippen LogP contribution in [0.15, 0.2) is 30.5 Å². The van der Waals surface area contributed by atoms with Gasteiger partial charge in [0.05, 0.1) is 11.9 Å². The van der Waals surface area contributed by atoms with E-state index in [1.54, 1.807) is 0 Å². The van der Waals surface area contributed by atoms with Crippen molar-refractivity contribution >= 4 is 11.5 Å². The summed E-state index contributed by atoms with van der Waals surface area (Å²) in [6, 6.07) is 7.81. The topological polar surface area (TPSA) is 47.1 Å². The molecule has 1 aliphatic heterocycles. The second-order valence-corrected chi connectivity index (χ2v) is 4.17. The Kier molecular flexibility index (Phi) is 1.89. The lowest BCUT2D eigenvalue weighted by Crippen LogP contribution is -2.17. The van der Waals surface area contributed by atoms with Crippen molar-refractivity contribution in [2.75, 3.05) is 24.2 Å². The second-order valence-electron chi connectivity index (χ2n) is 4.17. The van der Waals surface area contributed by atoms with Gasteiger partial charge in [-0.25, -0.2) is 4.68 Å². The first-order chi connectivity index (χ1) is 7.75. The Morgan fingerprint density at radius 3 is 3.06 bits per heavy atom. The van der Waals surface area contributed by atoms with Gasteiger partial charge in [-0.15, -0.1) is 0 Å². The zero-order valence-corrected chi connectivity index (χ0v) is 9.22. The lowest BCUT2D eigenvalue weighted by atomic mass is 10.2. The molecular formula is C12H14N4. The molecule has 0 bridgehead atoms. The van der Waals surface area contributed by atoms with E-state index in [9.17, 15) is 0 Å². The second kappa shape index (κ2) is 3.27. The summed E-state index contributed by atoms with van der Waals surface area (Å²) in [5.41, 5.74) is 8.89. The van der Waals surface area contributed by atoms with Gasteiger partial charge in [0.15, 0.2) is 0 Å². The van der Waals surface area contributed by atoms with Crippen LogP contribution in [0.25, 0.3) is 5.69 Å². The summed E-state index contributed by atoms with van der Waals surface area (Å²) >= 11 is 0. The van der Waals surface area contributed by atoms with E-state index in [2.05, 4.69) is 17.0 Å². The molecule has 16 heavy (non-hydrogen) atoms. The molecule has 2 aromatic rings. The molecule has 4 nitrogen and oxygen atoms in total. The van der Waals surface area contributed by atoms with Gasteiger partial charge in [0.25, 0.3) is 0 Å². The van der Waals surface area contributed by atoms with Crippen molar-refractivity contribution in [2.45, 2.75) is 6.42 Å². The van der Waals surface area contributed by atoms with Gasteiger partial charge in [0, 0.05) is 24.8 Å². The fourth-order valence-corrected chi connectivity index (χ4v) is 2.20. The molecule has 0 saturated carbocycles. The molecule has 4 heteroatoms. The molecule has 2 N–H and O–H groups in total. The van der Waals surface area contributed by atoms with E-state index >= 15 is 0 Å². The van der Waals surface area contributed by atoms with Gasteiger partial charge in [0.1, 0.15) is 5.82 Å². The Balaban J connectivity index is 2.14. The maximum absolute atomic E-state index is 5.79. The number of nitrogens with zero attached hydrogens (tertiary/aromatic N) is 3. The summed E-state index contributed by atoms with van der Waals surface area (Å²) in [6.07, 6.45) is 3.02. The van der Waals surface area contributed by atoms with Gasteiger partial charge in [-0.1, -0.05) is 6.07 Å². The number of nitrogens with two attached hydrogens (primary N) is 1. The summed E-state index contributed by atoms with van der Waals surface area (Å²) in [5, 5.41) is 4.42. The van der Waals surface area contributed by atoms with Gasteiger partial charge in [0.2, 0.25) is 0 Å². The van der Waals surface area contributed by atoms with Crippen LogP contribution in [0.3, 0.4) is 0 Å². The van der Waals surface area contributed by atoms with Crippen LogP contribution in [-0.4, -0.2) is 23.4 Å². The first-order valence-electron chi connectivity index (χ1n) is 5.39. The molecule has 0 fully saturated rings. The van der Waals surface area contributed by atoms with Crippen LogP contribution in [0.4, 0.5) is 11.5 Å². The van der Waals surface area contributed by atoms with Gasteiger partial charge in [-0.2, -0.15) is 5.10 Å². The molecule has 82 valence electrons. The molecule has 1 aromatic carbocycles. The third-order valence-electron chi connectivity index (χ3n) is 3.01. The van der Waals surface area contributed by atoms with Crippen molar-refractivity contribution < 1.29 is 0 Å². The fraction of sp³-hybridized carbons (Fsp3) is 0.250. The predicted molar refractivity (Wildman–Crippen MR) is 65.0 cm³/mol. The van der Waals surface area contributed by atoms with Crippen LogP contribution < -0.4 is 10.6 Å². The third kappa shape index (κ3) is 1.26. The first kappa shape index (κ1) is 9.27. The summed E-state index contributed by atoms with van der Waals surface area (Å²) < 4.78 is 1.96. The quantitative estimate of drug-likeness (QED) is 0.731. The molecule has 0 atom stereocenters. The largest absolute Gasteiger partial charge is 0.399 e. The molecule has 3 rings (SSSR count). The number of anilines is 2. The zero-order chi connectivity index (χ0) is 11.1. The van der Waals surface area contributed by atoms with Crippen molar-refractivity contribution in [3.63, 3.8) is 0 Å². The van der Waals surface area contributed by atoms with Crippen LogP contribution >= 0.6 is 0 Å². The van der Waals surface area contributed by atoms with Gasteiger partial charge in [-0.3, -0.25) is 0 Å². The molecule has 1 aromatic heterocycles. The standard InChI is InChI=1S/C12H14N4/c1-15-6-5-9-8-14-16(12(9)15)11-4-2-3-10(13)7-11/h2-4,7-8H,5-6,13H2,1H3. The van der Waals surface area contributed by atoms with E-state index in [0.29, 0.717) is 0 Å². The minimum Gasteiger partial charge on any atom is -0.399 e. The van der Waals surface area contributed by atoms with Crippen molar-refractivity contribution in [1.29, 1.82) is 0 Å². The molecule has 2 heterocycles. The molecule has 0 radical (unpaired) electrons. The predicted octanol–water partition coefficient (Wildman–Crippen LogP) is 1.45. The number of fused-ring (bicyclic) bond motifs is 1. The lowest BCUT2D eigenvalue weighted by molar-refractivity contribution is 0.827. The first-order valence-corrected chi connectivity index (χ1v) is 5.39. The lowest BCUT2D eigenvalue weighted by Gasteiger charge is -2.14. The van der Waals surface area contributed by atoms with Gasteiger partial charge < -0.3 is 10.6 Å². The average molecular weight is 214 g/mol. The SMILES string of the molecule is CN1CCc2cnn(-c3cccc(N)c3)c21. The van der Waals surface area contributed by atoms with Crippen molar-refractivity contribution in [2.24, 2.45) is 0 Å². The Labute approximate surface area is 94.3 Å². The number of hydrogen-bond acceptors (Lipinski definition) is 3. The van der Waals surface area contributed by atoms with E-state index in [1.165, 1.54) is 11.4 Å². The number of hydrogen-bond donors (Lipinski definition) is 1. The highest BCUT2D eigenvalue weighted by Crippen LogP contribution is 2.29. The third-order valence-corrected chi connectivity index (χ3v) is 3.01. The van der Waals surface area contributed by atoms with Crippen LogP contribution in [0.2, 0.25) is 0 Å². The molecule has 0 amide bonds. The average Bonchev–Trinajstić information content (AvgIpc) is 2.82. The van der Waals surface area contributed by atoms with Crippen LogP contribution in [0.5, 0.6) is 0 Å². The zero-order valence-electron chi connectivity index (χ0n) is 9.22. The van der Waals surface area contributed by atoms with Crippen LogP contribution in [0.1, 0.15) is 5.56 Å². The Hall–Kier alpha value is -1.97. The molecule has 1 aliphatic rings. The maximum Gasteiger partial charge on any atom is 0.135 e. The highest BCUT2D eigenvalue weighted by molar-refractivity contribution is 5.58. The van der Waals surface area contributed by atoms with Crippen molar-refractivity contribution in [3.8, 4) is 5.69 Å². The van der Waals surface area contributed by atoms with Crippen molar-refractivity contribution in [3.05, 3.63) is 36.0 Å². The van der Waals surface area contributed by atoms with Crippen LogP contribution in [-0.2, 0) is 6.42 Å². The summed E-state index contributed by atoms with van der Waals surface area (Å²) in [5.74, 6) is 1.19. The monoisotopic (exact) mass is 214 g/mol.